The van der Waals surface area contributed by atoms with Crippen molar-refractivity contribution >= 4 is 46.3 Å². The summed E-state index contributed by atoms with van der Waals surface area (Å²) in [5.41, 5.74) is 0.164. The normalized spacial score (nSPS) is 17.9. The molecule has 4 heterocycles. The van der Waals surface area contributed by atoms with Crippen molar-refractivity contribution in [2.45, 2.75) is 18.1 Å². The van der Waals surface area contributed by atoms with Crippen molar-refractivity contribution in [3.8, 4) is 5.75 Å². The highest BCUT2D eigenvalue weighted by Gasteiger charge is 2.34. The van der Waals surface area contributed by atoms with Gasteiger partial charge in [-0.15, -0.1) is 0 Å². The van der Waals surface area contributed by atoms with E-state index in [2.05, 4.69) is 20.6 Å². The predicted octanol–water partition coefficient (Wildman–Crippen LogP) is 2.14. The number of carbonyl (C=O) groups excluding carboxylic acids is 2. The minimum absolute atomic E-state index is 0.00349. The summed E-state index contributed by atoms with van der Waals surface area (Å²) >= 11 is 1.29. The Morgan fingerprint density at radius 2 is 2.11 bits per heavy atom. The lowest BCUT2D eigenvalue weighted by Crippen LogP contribution is -2.34. The molecule has 2 aliphatic rings. The first-order chi connectivity index (χ1) is 17.8. The second-order valence-corrected chi connectivity index (χ2v) is 9.92. The number of hydrogen-bond acceptors (Lipinski definition) is 9. The lowest BCUT2D eigenvalue weighted by atomic mass is 10.1. The molecule has 3 aromatic rings. The van der Waals surface area contributed by atoms with E-state index in [1.54, 1.807) is 19.2 Å². The maximum Gasteiger partial charge on any atom is 0.416 e. The van der Waals surface area contributed by atoms with E-state index in [0.717, 1.165) is 0 Å². The standard InChI is InChI=1S/C24H25FN6O5S/c1-13(11-35-21-16(25)5-3-14-4-6-19(33)30(2)20(14)21)7-26-8-15-10-31(24(34)36-15)17-9-27-23-22(28-17)29-18(32)12-37-23/h3-6,9,13,15,26H,7-8,10-12H2,1-2H3,(H,28,29,32)/t13?,15-/m0/s1. The Morgan fingerprint density at radius 3 is 2.95 bits per heavy atom. The van der Waals surface area contributed by atoms with Crippen molar-refractivity contribution in [3.63, 3.8) is 0 Å². The van der Waals surface area contributed by atoms with Crippen LogP contribution in [0.4, 0.5) is 20.8 Å². The zero-order valence-electron chi connectivity index (χ0n) is 20.2. The Bertz CT molecular complexity index is 1430. The molecular weight excluding hydrogens is 503 g/mol. The van der Waals surface area contributed by atoms with E-state index in [-0.39, 0.29) is 42.0 Å². The highest BCUT2D eigenvalue weighted by Crippen LogP contribution is 2.30. The number of cyclic esters (lactones) is 1. The Hall–Kier alpha value is -3.71. The quantitative estimate of drug-likeness (QED) is 0.452. The number of benzene rings is 1. The summed E-state index contributed by atoms with van der Waals surface area (Å²) in [4.78, 5) is 46.1. The van der Waals surface area contributed by atoms with E-state index in [9.17, 15) is 18.8 Å². The average Bonchev–Trinajstić information content (AvgIpc) is 3.25. The smallest absolute Gasteiger partial charge is 0.416 e. The van der Waals surface area contributed by atoms with E-state index in [4.69, 9.17) is 9.47 Å². The van der Waals surface area contributed by atoms with E-state index in [1.807, 2.05) is 6.92 Å². The minimum atomic E-state index is -0.538. The number of ether oxygens (including phenoxy) is 2. The molecule has 11 nitrogen and oxygen atoms in total. The Kier molecular flexibility index (Phi) is 6.98. The van der Waals surface area contributed by atoms with Crippen LogP contribution in [0, 0.1) is 11.7 Å². The van der Waals surface area contributed by atoms with Crippen molar-refractivity contribution in [1.82, 2.24) is 19.9 Å². The van der Waals surface area contributed by atoms with Crippen molar-refractivity contribution in [3.05, 3.63) is 46.6 Å². The molecule has 0 saturated carbocycles. The number of hydrogen-bond donors (Lipinski definition) is 2. The number of aromatic nitrogens is 3. The number of rotatable bonds is 8. The molecule has 13 heteroatoms. The van der Waals surface area contributed by atoms with Crippen LogP contribution < -0.4 is 25.8 Å². The number of anilines is 2. The van der Waals surface area contributed by atoms with Gasteiger partial charge < -0.3 is 24.7 Å². The van der Waals surface area contributed by atoms with Crippen molar-refractivity contribution in [1.29, 1.82) is 0 Å². The van der Waals surface area contributed by atoms with Crippen molar-refractivity contribution in [2.24, 2.45) is 13.0 Å². The summed E-state index contributed by atoms with van der Waals surface area (Å²) in [5, 5.41) is 7.23. The summed E-state index contributed by atoms with van der Waals surface area (Å²) in [6.07, 6.45) is 0.541. The highest BCUT2D eigenvalue weighted by molar-refractivity contribution is 8.00. The third-order valence-electron chi connectivity index (χ3n) is 6.04. The average molecular weight is 529 g/mol. The fraction of sp³-hybridized carbons (Fsp3) is 0.375. The number of amides is 2. The molecule has 2 aromatic heterocycles. The zero-order valence-corrected chi connectivity index (χ0v) is 21.0. The van der Waals surface area contributed by atoms with Crippen LogP contribution in [0.25, 0.3) is 10.9 Å². The van der Waals surface area contributed by atoms with Gasteiger partial charge in [-0.3, -0.25) is 14.5 Å². The van der Waals surface area contributed by atoms with Crippen molar-refractivity contribution in [2.75, 3.05) is 42.2 Å². The van der Waals surface area contributed by atoms with Gasteiger partial charge in [-0.2, -0.15) is 0 Å². The first-order valence-corrected chi connectivity index (χ1v) is 12.7. The lowest BCUT2D eigenvalue weighted by molar-refractivity contribution is -0.113. The molecule has 1 fully saturated rings. The topological polar surface area (TPSA) is 128 Å². The number of carbonyl (C=O) groups is 2. The number of nitrogens with one attached hydrogen (secondary N) is 2. The van der Waals surface area contributed by atoms with Crippen LogP contribution in [0.1, 0.15) is 6.92 Å². The molecule has 0 bridgehead atoms. The molecule has 1 aromatic carbocycles. The van der Waals surface area contributed by atoms with Gasteiger partial charge in [0.25, 0.3) is 5.56 Å². The Morgan fingerprint density at radius 1 is 1.30 bits per heavy atom. The van der Waals surface area contributed by atoms with Gasteiger partial charge in [0.05, 0.1) is 30.6 Å². The van der Waals surface area contributed by atoms with Crippen LogP contribution >= 0.6 is 11.8 Å². The van der Waals surface area contributed by atoms with E-state index < -0.39 is 18.0 Å². The van der Waals surface area contributed by atoms with Gasteiger partial charge in [0.2, 0.25) is 5.91 Å². The van der Waals surface area contributed by atoms with Crippen LogP contribution in [-0.2, 0) is 16.6 Å². The summed E-state index contributed by atoms with van der Waals surface area (Å²) in [6, 6.07) is 6.01. The summed E-state index contributed by atoms with van der Waals surface area (Å²) in [7, 11) is 1.58. The molecule has 37 heavy (non-hydrogen) atoms. The predicted molar refractivity (Wildman–Crippen MR) is 136 cm³/mol. The van der Waals surface area contributed by atoms with Crippen LogP contribution in [0.5, 0.6) is 5.75 Å². The zero-order chi connectivity index (χ0) is 26.1. The number of pyridine rings is 1. The molecule has 1 saturated heterocycles. The SMILES string of the molecule is CC(CNC[C@H]1CN(c2cnc3c(n2)NC(=O)CS3)C(=O)O1)COc1c(F)ccc2ccc(=O)n(C)c12. The minimum Gasteiger partial charge on any atom is -0.488 e. The van der Waals surface area contributed by atoms with Crippen LogP contribution in [0.2, 0.25) is 0 Å². The molecule has 2 N–H and O–H groups in total. The maximum absolute atomic E-state index is 14.5. The van der Waals surface area contributed by atoms with Gasteiger partial charge in [0.1, 0.15) is 11.1 Å². The second-order valence-electron chi connectivity index (χ2n) is 8.95. The Labute approximate surface area is 215 Å². The third-order valence-corrected chi connectivity index (χ3v) is 7.02. The number of nitrogens with zero attached hydrogens (tertiary/aromatic N) is 4. The molecule has 5 rings (SSSR count). The van der Waals surface area contributed by atoms with Crippen molar-refractivity contribution < 1.29 is 23.5 Å². The first-order valence-electron chi connectivity index (χ1n) is 11.7. The first kappa shape index (κ1) is 25.0. The van der Waals surface area contributed by atoms with Gasteiger partial charge in [-0.05, 0) is 18.2 Å². The van der Waals surface area contributed by atoms with Gasteiger partial charge in [-0.1, -0.05) is 18.7 Å². The lowest BCUT2D eigenvalue weighted by Gasteiger charge is -2.18. The molecular formula is C24H25FN6O5S. The van der Waals surface area contributed by atoms with Crippen LogP contribution in [0.15, 0.2) is 40.3 Å². The van der Waals surface area contributed by atoms with Crippen LogP contribution in [0.3, 0.4) is 0 Å². The number of aryl methyl sites for hydroxylation is 1. The number of thioether (sulfide) groups is 1. The molecule has 194 valence electrons. The molecule has 0 radical (unpaired) electrons. The maximum atomic E-state index is 14.5. The fourth-order valence-corrected chi connectivity index (χ4v) is 4.84. The Balaban J connectivity index is 1.14. The highest BCUT2D eigenvalue weighted by atomic mass is 32.2. The molecule has 0 spiro atoms. The summed E-state index contributed by atoms with van der Waals surface area (Å²) in [5.74, 6) is 0.269. The molecule has 2 aliphatic heterocycles. The number of halogens is 1. The molecule has 0 aliphatic carbocycles. The van der Waals surface area contributed by atoms with Crippen LogP contribution in [-0.4, -0.2) is 64.6 Å². The van der Waals surface area contributed by atoms with E-state index >= 15 is 0 Å². The number of fused-ring (bicyclic) bond motifs is 2. The van der Waals surface area contributed by atoms with Gasteiger partial charge in [-0.25, -0.2) is 19.2 Å². The summed E-state index contributed by atoms with van der Waals surface area (Å²) in [6.45, 7) is 3.37. The molecule has 2 atom stereocenters. The van der Waals surface area contributed by atoms with Gasteiger partial charge >= 0.3 is 6.09 Å². The van der Waals surface area contributed by atoms with E-state index in [1.165, 1.54) is 39.6 Å². The largest absolute Gasteiger partial charge is 0.488 e. The fourth-order valence-electron chi connectivity index (χ4n) is 4.14. The van der Waals surface area contributed by atoms with Gasteiger partial charge in [0, 0.05) is 37.5 Å². The second kappa shape index (κ2) is 10.3. The summed E-state index contributed by atoms with van der Waals surface area (Å²) < 4.78 is 27.1. The van der Waals surface area contributed by atoms with E-state index in [0.29, 0.717) is 40.7 Å². The monoisotopic (exact) mass is 528 g/mol. The van der Waals surface area contributed by atoms with Gasteiger partial charge in [0.15, 0.2) is 23.2 Å². The third kappa shape index (κ3) is 5.23. The molecule has 1 unspecified atom stereocenters. The molecule has 2 amide bonds.